The molecule has 1 saturated heterocycles. The van der Waals surface area contributed by atoms with Crippen molar-refractivity contribution in [2.75, 3.05) is 13.7 Å². The Hall–Kier alpha value is -1.39. The van der Waals surface area contributed by atoms with Crippen LogP contribution in [0.25, 0.3) is 0 Å². The van der Waals surface area contributed by atoms with Crippen LogP contribution in [-0.4, -0.2) is 41.8 Å². The van der Waals surface area contributed by atoms with E-state index in [-0.39, 0.29) is 12.5 Å². The van der Waals surface area contributed by atoms with Gasteiger partial charge in [0.25, 0.3) is 0 Å². The minimum Gasteiger partial charge on any atom is -0.481 e. The first-order valence-corrected chi connectivity index (χ1v) is 6.68. The van der Waals surface area contributed by atoms with Crippen molar-refractivity contribution in [3.63, 3.8) is 0 Å². The number of carboxylic acids is 1. The molecular weight excluding hydrogens is 242 g/mol. The second-order valence-electron chi connectivity index (χ2n) is 5.19. The number of hydrogen-bond donors (Lipinski definition) is 1. The summed E-state index contributed by atoms with van der Waals surface area (Å²) in [5, 5.41) is 8.95. The highest BCUT2D eigenvalue weighted by Crippen LogP contribution is 2.21. The third-order valence-corrected chi connectivity index (χ3v) is 3.78. The maximum Gasteiger partial charge on any atom is 0.307 e. The second-order valence-corrected chi connectivity index (χ2v) is 5.19. The zero-order valence-corrected chi connectivity index (χ0v) is 11.5. The van der Waals surface area contributed by atoms with E-state index < -0.39 is 5.97 Å². The van der Waals surface area contributed by atoms with Gasteiger partial charge in [-0.2, -0.15) is 0 Å². The monoisotopic (exact) mass is 263 g/mol. The quantitative estimate of drug-likeness (QED) is 0.882. The van der Waals surface area contributed by atoms with Crippen LogP contribution in [0.4, 0.5) is 0 Å². The van der Waals surface area contributed by atoms with Gasteiger partial charge in [-0.05, 0) is 31.5 Å². The molecule has 1 fully saturated rings. The lowest BCUT2D eigenvalue weighted by atomic mass is 10.0. The van der Waals surface area contributed by atoms with Gasteiger partial charge in [-0.15, -0.1) is 0 Å². The smallest absolute Gasteiger partial charge is 0.307 e. The van der Waals surface area contributed by atoms with Crippen LogP contribution in [0.2, 0.25) is 0 Å². The van der Waals surface area contributed by atoms with Crippen LogP contribution in [-0.2, 0) is 22.5 Å². The summed E-state index contributed by atoms with van der Waals surface area (Å²) < 4.78 is 5.58. The largest absolute Gasteiger partial charge is 0.481 e. The lowest BCUT2D eigenvalue weighted by molar-refractivity contribution is -0.136. The van der Waals surface area contributed by atoms with Crippen LogP contribution in [0.3, 0.4) is 0 Å². The molecule has 0 aromatic heterocycles. The topological polar surface area (TPSA) is 49.8 Å². The second kappa shape index (κ2) is 6.17. The van der Waals surface area contributed by atoms with Crippen molar-refractivity contribution < 1.29 is 14.6 Å². The number of likely N-dealkylation sites (N-methyl/N-ethyl adjacent to an activating group) is 1. The Morgan fingerprint density at radius 3 is 2.68 bits per heavy atom. The van der Waals surface area contributed by atoms with Crippen LogP contribution in [0.15, 0.2) is 24.3 Å². The molecule has 104 valence electrons. The van der Waals surface area contributed by atoms with Gasteiger partial charge >= 0.3 is 5.97 Å². The number of carbonyl (C=O) groups is 1. The Kier molecular flexibility index (Phi) is 4.56. The number of rotatable bonds is 5. The maximum absolute atomic E-state index is 10.9. The minimum absolute atomic E-state index is 0.0841. The molecule has 2 unspecified atom stereocenters. The zero-order chi connectivity index (χ0) is 13.8. The molecular formula is C15H21NO3. The molecule has 2 rings (SSSR count). The number of aliphatic carboxylic acids is 1. The first-order chi connectivity index (χ1) is 9.08. The van der Waals surface area contributed by atoms with Gasteiger partial charge in [-0.25, -0.2) is 0 Å². The van der Waals surface area contributed by atoms with Gasteiger partial charge in [0.05, 0.1) is 12.5 Å². The average Bonchev–Trinajstić information content (AvgIpc) is 2.77. The number of hydrogen-bond acceptors (Lipinski definition) is 3. The molecule has 0 bridgehead atoms. The molecule has 1 aliphatic heterocycles. The SMILES string of the molecule is CC1OCCC1N(C)Cc1ccccc1CC(=O)O. The molecule has 1 N–H and O–H groups in total. The van der Waals surface area contributed by atoms with Crippen LogP contribution >= 0.6 is 0 Å². The van der Waals surface area contributed by atoms with Gasteiger partial charge in [0, 0.05) is 19.2 Å². The summed E-state index contributed by atoms with van der Waals surface area (Å²) >= 11 is 0. The van der Waals surface area contributed by atoms with E-state index in [1.807, 2.05) is 24.3 Å². The highest BCUT2D eigenvalue weighted by molar-refractivity contribution is 5.70. The third-order valence-electron chi connectivity index (χ3n) is 3.78. The minimum atomic E-state index is -0.785. The first-order valence-electron chi connectivity index (χ1n) is 6.68. The molecule has 2 atom stereocenters. The van der Waals surface area contributed by atoms with E-state index in [0.29, 0.717) is 6.04 Å². The van der Waals surface area contributed by atoms with Crippen molar-refractivity contribution in [1.29, 1.82) is 0 Å². The summed E-state index contributed by atoms with van der Waals surface area (Å²) in [5.74, 6) is -0.785. The fourth-order valence-electron chi connectivity index (χ4n) is 2.73. The zero-order valence-electron chi connectivity index (χ0n) is 11.5. The molecule has 0 radical (unpaired) electrons. The summed E-state index contributed by atoms with van der Waals surface area (Å²) in [6.45, 7) is 3.67. The van der Waals surface area contributed by atoms with E-state index in [9.17, 15) is 4.79 Å². The molecule has 4 heteroatoms. The summed E-state index contributed by atoms with van der Waals surface area (Å²) in [4.78, 5) is 13.1. The van der Waals surface area contributed by atoms with Crippen molar-refractivity contribution in [2.45, 2.75) is 38.5 Å². The van der Waals surface area contributed by atoms with Gasteiger partial charge in [0.2, 0.25) is 0 Å². The Balaban J connectivity index is 2.07. The van der Waals surface area contributed by atoms with E-state index in [2.05, 4.69) is 18.9 Å². The highest BCUT2D eigenvalue weighted by atomic mass is 16.5. The van der Waals surface area contributed by atoms with Crippen LogP contribution < -0.4 is 0 Å². The van der Waals surface area contributed by atoms with E-state index in [1.165, 1.54) is 0 Å². The summed E-state index contributed by atoms with van der Waals surface area (Å²) in [5.41, 5.74) is 1.99. The standard InChI is InChI=1S/C15H21NO3/c1-11-14(7-8-19-11)16(2)10-13-6-4-3-5-12(13)9-15(17)18/h3-6,11,14H,7-10H2,1-2H3,(H,17,18). The van der Waals surface area contributed by atoms with Gasteiger partial charge in [0.1, 0.15) is 0 Å². The number of carboxylic acid groups (broad SMARTS) is 1. The molecule has 1 heterocycles. The van der Waals surface area contributed by atoms with E-state index in [1.54, 1.807) is 0 Å². The fourth-order valence-corrected chi connectivity index (χ4v) is 2.73. The van der Waals surface area contributed by atoms with E-state index >= 15 is 0 Å². The molecule has 0 spiro atoms. The predicted molar refractivity (Wildman–Crippen MR) is 73.1 cm³/mol. The highest BCUT2D eigenvalue weighted by Gasteiger charge is 2.28. The van der Waals surface area contributed by atoms with E-state index in [0.717, 1.165) is 30.7 Å². The lowest BCUT2D eigenvalue weighted by Crippen LogP contribution is -2.36. The molecule has 1 aromatic carbocycles. The van der Waals surface area contributed by atoms with Crippen LogP contribution in [0, 0.1) is 0 Å². The molecule has 1 aromatic rings. The average molecular weight is 263 g/mol. The predicted octanol–water partition coefficient (Wildman–Crippen LogP) is 1.92. The maximum atomic E-state index is 10.9. The number of benzene rings is 1. The van der Waals surface area contributed by atoms with Crippen molar-refractivity contribution in [3.8, 4) is 0 Å². The van der Waals surface area contributed by atoms with Crippen LogP contribution in [0.5, 0.6) is 0 Å². The van der Waals surface area contributed by atoms with Gasteiger partial charge < -0.3 is 9.84 Å². The van der Waals surface area contributed by atoms with Crippen molar-refractivity contribution in [1.82, 2.24) is 4.90 Å². The van der Waals surface area contributed by atoms with Gasteiger partial charge in [0.15, 0.2) is 0 Å². The van der Waals surface area contributed by atoms with E-state index in [4.69, 9.17) is 9.84 Å². The lowest BCUT2D eigenvalue weighted by Gasteiger charge is -2.27. The van der Waals surface area contributed by atoms with Gasteiger partial charge in [-0.1, -0.05) is 24.3 Å². The van der Waals surface area contributed by atoms with Crippen molar-refractivity contribution in [3.05, 3.63) is 35.4 Å². The van der Waals surface area contributed by atoms with Crippen molar-refractivity contribution in [2.24, 2.45) is 0 Å². The molecule has 0 saturated carbocycles. The Morgan fingerprint density at radius 1 is 1.42 bits per heavy atom. The fraction of sp³-hybridized carbons (Fsp3) is 0.533. The van der Waals surface area contributed by atoms with Crippen LogP contribution in [0.1, 0.15) is 24.5 Å². The third kappa shape index (κ3) is 3.55. The number of ether oxygens (including phenoxy) is 1. The van der Waals surface area contributed by atoms with Crippen molar-refractivity contribution >= 4 is 5.97 Å². The molecule has 0 aliphatic carbocycles. The molecule has 4 nitrogen and oxygen atoms in total. The first kappa shape index (κ1) is 14.0. The van der Waals surface area contributed by atoms with Gasteiger partial charge in [-0.3, -0.25) is 9.69 Å². The summed E-state index contributed by atoms with van der Waals surface area (Å²) in [6, 6.07) is 8.17. The Bertz CT molecular complexity index is 447. The molecule has 19 heavy (non-hydrogen) atoms. The summed E-state index contributed by atoms with van der Waals surface area (Å²) in [7, 11) is 2.08. The summed E-state index contributed by atoms with van der Waals surface area (Å²) in [6.07, 6.45) is 1.37. The molecule has 0 amide bonds. The Morgan fingerprint density at radius 2 is 2.11 bits per heavy atom. The number of nitrogens with zero attached hydrogens (tertiary/aromatic N) is 1. The normalized spacial score (nSPS) is 22.9. The Labute approximate surface area is 114 Å². The molecule has 1 aliphatic rings.